The smallest absolute Gasteiger partial charge is 0.317 e. The van der Waals surface area contributed by atoms with E-state index in [1.54, 1.807) is 30.3 Å². The quantitative estimate of drug-likeness (QED) is 0.464. The Bertz CT molecular complexity index is 695. The van der Waals surface area contributed by atoms with Crippen molar-refractivity contribution in [2.75, 3.05) is 12.0 Å². The molecule has 4 atom stereocenters. The zero-order chi connectivity index (χ0) is 14.8. The summed E-state index contributed by atoms with van der Waals surface area (Å²) in [5, 5.41) is 0. The molecule has 2 fully saturated rings. The van der Waals surface area contributed by atoms with Gasteiger partial charge in [0.05, 0.1) is 24.6 Å². The molecular weight excluding hydrogens is 270 g/mol. The molecule has 2 aliphatic carbocycles. The van der Waals surface area contributed by atoms with Crippen LogP contribution in [0.15, 0.2) is 42.5 Å². The largest absolute Gasteiger partial charge is 0.468 e. The number of amides is 2. The minimum absolute atomic E-state index is 0.208. The fraction of sp³-hybridized carbons (Fsp3) is 0.312. The fourth-order valence-corrected chi connectivity index (χ4v) is 3.92. The zero-order valence-electron chi connectivity index (χ0n) is 11.4. The molecule has 4 rings (SSSR count). The normalized spacial score (nSPS) is 35.7. The van der Waals surface area contributed by atoms with Crippen molar-refractivity contribution in [2.45, 2.75) is 0 Å². The molecule has 5 nitrogen and oxygen atoms in total. The van der Waals surface area contributed by atoms with Crippen molar-refractivity contribution in [3.05, 3.63) is 42.5 Å². The van der Waals surface area contributed by atoms with E-state index >= 15 is 0 Å². The molecule has 2 amide bonds. The summed E-state index contributed by atoms with van der Waals surface area (Å²) in [4.78, 5) is 38.5. The molecule has 1 heterocycles. The van der Waals surface area contributed by atoms with Gasteiger partial charge in [-0.25, -0.2) is 4.90 Å². The van der Waals surface area contributed by atoms with Crippen LogP contribution in [-0.4, -0.2) is 24.9 Å². The standard InChI is InChI=1S/C16H13NO4/c1-21-15(20)16-8-7-10(16)11-12(16)14(19)17(13(11)18)9-5-3-2-4-6-9/h2-8,10-12H,1H3/t10-,11+,12-,16+/m0/s1. The summed E-state index contributed by atoms with van der Waals surface area (Å²) in [6.07, 6.45) is 3.54. The van der Waals surface area contributed by atoms with Crippen molar-refractivity contribution in [3.63, 3.8) is 0 Å². The van der Waals surface area contributed by atoms with Crippen LogP contribution >= 0.6 is 0 Å². The summed E-state index contributed by atoms with van der Waals surface area (Å²) in [5.41, 5.74) is -0.364. The monoisotopic (exact) mass is 283 g/mol. The van der Waals surface area contributed by atoms with Gasteiger partial charge in [0.2, 0.25) is 11.8 Å². The lowest BCUT2D eigenvalue weighted by Crippen LogP contribution is -2.64. The summed E-state index contributed by atoms with van der Waals surface area (Å²) < 4.78 is 4.84. The van der Waals surface area contributed by atoms with Crippen molar-refractivity contribution >= 4 is 23.5 Å². The summed E-state index contributed by atoms with van der Waals surface area (Å²) in [6, 6.07) is 8.82. The number of hydrogen-bond donors (Lipinski definition) is 0. The van der Waals surface area contributed by atoms with Crippen LogP contribution in [0.5, 0.6) is 0 Å². The average molecular weight is 283 g/mol. The molecule has 3 aliphatic rings. The van der Waals surface area contributed by atoms with Gasteiger partial charge in [0.25, 0.3) is 0 Å². The number of fused-ring (bicyclic) bond motifs is 4. The first-order chi connectivity index (χ1) is 10.1. The fourth-order valence-electron chi connectivity index (χ4n) is 3.92. The summed E-state index contributed by atoms with van der Waals surface area (Å²) in [5.74, 6) is -2.20. The number of carbonyl (C=O) groups excluding carboxylic acids is 3. The molecule has 1 saturated carbocycles. The van der Waals surface area contributed by atoms with E-state index in [0.717, 1.165) is 0 Å². The van der Waals surface area contributed by atoms with E-state index in [1.165, 1.54) is 12.0 Å². The van der Waals surface area contributed by atoms with Crippen LogP contribution in [0.3, 0.4) is 0 Å². The van der Waals surface area contributed by atoms with Gasteiger partial charge in [-0.2, -0.15) is 0 Å². The molecule has 0 aromatic heterocycles. The van der Waals surface area contributed by atoms with Crippen molar-refractivity contribution in [1.82, 2.24) is 0 Å². The molecule has 1 aromatic carbocycles. The maximum atomic E-state index is 12.7. The van der Waals surface area contributed by atoms with Gasteiger partial charge < -0.3 is 4.74 Å². The van der Waals surface area contributed by atoms with E-state index in [-0.39, 0.29) is 17.7 Å². The van der Waals surface area contributed by atoms with E-state index in [1.807, 2.05) is 12.1 Å². The highest BCUT2D eigenvalue weighted by Gasteiger charge is 2.77. The van der Waals surface area contributed by atoms with Gasteiger partial charge in [-0.05, 0) is 12.1 Å². The number of benzene rings is 1. The number of para-hydroxylation sites is 1. The van der Waals surface area contributed by atoms with Crippen LogP contribution in [0.25, 0.3) is 0 Å². The maximum absolute atomic E-state index is 12.7. The minimum atomic E-state index is -0.921. The van der Waals surface area contributed by atoms with Crippen molar-refractivity contribution < 1.29 is 19.1 Å². The van der Waals surface area contributed by atoms with Crippen LogP contribution < -0.4 is 4.90 Å². The third-order valence-corrected chi connectivity index (χ3v) is 4.94. The SMILES string of the molecule is COC(=O)[C@]12C=C[C@H]1[C@H]1C(=O)N(c3ccccc3)C(=O)[C@H]12. The molecule has 0 unspecified atom stereocenters. The maximum Gasteiger partial charge on any atom is 0.317 e. The van der Waals surface area contributed by atoms with Gasteiger partial charge in [-0.1, -0.05) is 30.4 Å². The third kappa shape index (κ3) is 1.20. The number of rotatable bonds is 2. The van der Waals surface area contributed by atoms with E-state index in [4.69, 9.17) is 4.74 Å². The topological polar surface area (TPSA) is 63.7 Å². The van der Waals surface area contributed by atoms with Crippen molar-refractivity contribution in [2.24, 2.45) is 23.2 Å². The van der Waals surface area contributed by atoms with Gasteiger partial charge in [-0.3, -0.25) is 14.4 Å². The van der Waals surface area contributed by atoms with E-state index < -0.39 is 23.2 Å². The van der Waals surface area contributed by atoms with E-state index in [9.17, 15) is 14.4 Å². The minimum Gasteiger partial charge on any atom is -0.468 e. The molecule has 0 radical (unpaired) electrons. The van der Waals surface area contributed by atoms with Gasteiger partial charge >= 0.3 is 5.97 Å². The van der Waals surface area contributed by atoms with Gasteiger partial charge in [0, 0.05) is 5.92 Å². The summed E-state index contributed by atoms with van der Waals surface area (Å²) in [7, 11) is 1.31. The lowest BCUT2D eigenvalue weighted by molar-refractivity contribution is -0.178. The lowest BCUT2D eigenvalue weighted by Gasteiger charge is -2.56. The first-order valence-corrected chi connectivity index (χ1v) is 6.83. The third-order valence-electron chi connectivity index (χ3n) is 4.94. The number of carbonyl (C=O) groups is 3. The summed E-state index contributed by atoms with van der Waals surface area (Å²) in [6.45, 7) is 0. The second-order valence-electron chi connectivity index (χ2n) is 5.66. The molecule has 0 bridgehead atoms. The highest BCUT2D eigenvalue weighted by atomic mass is 16.5. The molecule has 106 valence electrons. The van der Waals surface area contributed by atoms with Gasteiger partial charge in [0.15, 0.2) is 0 Å². The van der Waals surface area contributed by atoms with Crippen LogP contribution in [0.1, 0.15) is 0 Å². The first kappa shape index (κ1) is 12.3. The van der Waals surface area contributed by atoms with Crippen molar-refractivity contribution in [1.29, 1.82) is 0 Å². The predicted molar refractivity (Wildman–Crippen MR) is 73.0 cm³/mol. The van der Waals surface area contributed by atoms with Crippen molar-refractivity contribution in [3.8, 4) is 0 Å². The Morgan fingerprint density at radius 1 is 1.19 bits per heavy atom. The molecule has 0 spiro atoms. The number of imide groups is 1. The number of methoxy groups -OCH3 is 1. The number of allylic oxidation sites excluding steroid dienone is 1. The Balaban J connectivity index is 1.75. The van der Waals surface area contributed by atoms with Crippen LogP contribution in [0.2, 0.25) is 0 Å². The van der Waals surface area contributed by atoms with Crippen LogP contribution in [-0.2, 0) is 19.1 Å². The Hall–Kier alpha value is -2.43. The number of nitrogens with zero attached hydrogens (tertiary/aromatic N) is 1. The molecule has 21 heavy (non-hydrogen) atoms. The van der Waals surface area contributed by atoms with Gasteiger partial charge in [-0.15, -0.1) is 0 Å². The molecule has 1 saturated heterocycles. The summed E-state index contributed by atoms with van der Waals surface area (Å²) >= 11 is 0. The number of ether oxygens (including phenoxy) is 1. The van der Waals surface area contributed by atoms with E-state index in [2.05, 4.69) is 0 Å². The molecule has 1 aromatic rings. The number of esters is 1. The molecular formula is C16H13NO4. The number of anilines is 1. The van der Waals surface area contributed by atoms with E-state index in [0.29, 0.717) is 5.69 Å². The Kier molecular flexibility index (Phi) is 2.24. The van der Waals surface area contributed by atoms with Gasteiger partial charge in [0.1, 0.15) is 5.41 Å². The predicted octanol–water partition coefficient (Wildman–Crippen LogP) is 1.15. The Morgan fingerprint density at radius 2 is 1.90 bits per heavy atom. The molecule has 1 aliphatic heterocycles. The lowest BCUT2D eigenvalue weighted by atomic mass is 9.42. The zero-order valence-corrected chi connectivity index (χ0v) is 11.4. The second-order valence-corrected chi connectivity index (χ2v) is 5.66. The number of hydrogen-bond acceptors (Lipinski definition) is 4. The van der Waals surface area contributed by atoms with Crippen LogP contribution in [0, 0.1) is 23.2 Å². The first-order valence-electron chi connectivity index (χ1n) is 6.83. The highest BCUT2D eigenvalue weighted by molar-refractivity contribution is 6.25. The second kappa shape index (κ2) is 3.81. The Labute approximate surface area is 121 Å². The molecule has 0 N–H and O–H groups in total. The molecule has 5 heteroatoms. The highest BCUT2D eigenvalue weighted by Crippen LogP contribution is 2.67. The van der Waals surface area contributed by atoms with Crippen LogP contribution in [0.4, 0.5) is 5.69 Å². The Morgan fingerprint density at radius 3 is 2.48 bits per heavy atom. The average Bonchev–Trinajstić information content (AvgIpc) is 2.70.